The predicted octanol–water partition coefficient (Wildman–Crippen LogP) is 6.90. The van der Waals surface area contributed by atoms with Crippen LogP contribution in [0, 0.1) is 0 Å². The molecule has 0 aromatic rings. The molecular weight excluding hydrogens is 382 g/mol. The summed E-state index contributed by atoms with van der Waals surface area (Å²) in [6, 6.07) is 0. The van der Waals surface area contributed by atoms with Crippen LogP contribution < -0.4 is 0 Å². The summed E-state index contributed by atoms with van der Waals surface area (Å²) in [5.74, 6) is 0. The Hall–Kier alpha value is 0.339. The Morgan fingerprint density at radius 3 is 1.08 bits per heavy atom. The summed E-state index contributed by atoms with van der Waals surface area (Å²) in [4.78, 5) is 11.1. The van der Waals surface area contributed by atoms with Gasteiger partial charge in [-0.25, -0.2) is 0 Å². The Morgan fingerprint density at radius 2 is 0.880 bits per heavy atom. The Balaban J connectivity index is 1.32. The molecule has 0 aliphatic carbocycles. The van der Waals surface area contributed by atoms with Crippen molar-refractivity contribution in [2.75, 3.05) is 24.6 Å². The second-order valence-corrected chi connectivity index (χ2v) is 41.8. The zero-order valence-corrected chi connectivity index (χ0v) is 17.7. The van der Waals surface area contributed by atoms with Crippen molar-refractivity contribution in [1.29, 1.82) is 0 Å². The van der Waals surface area contributed by atoms with Gasteiger partial charge >= 0.3 is 144 Å². The summed E-state index contributed by atoms with van der Waals surface area (Å²) in [6.07, 6.45) is 14.6. The molecule has 0 bridgehead atoms. The van der Waals surface area contributed by atoms with Crippen LogP contribution in [0.15, 0.2) is 50.6 Å². The average molecular weight is 410 g/mol. The van der Waals surface area contributed by atoms with Gasteiger partial charge in [0.25, 0.3) is 0 Å². The van der Waals surface area contributed by atoms with Crippen LogP contribution in [0.4, 0.5) is 0 Å². The molecule has 10 saturated heterocycles. The molecule has 0 aromatic heterocycles. The fourth-order valence-corrected chi connectivity index (χ4v) is 127. The van der Waals surface area contributed by atoms with Crippen molar-refractivity contribution in [3.05, 3.63) is 50.6 Å². The van der Waals surface area contributed by atoms with Crippen LogP contribution in [0.3, 0.4) is 0 Å². The minimum absolute atomic E-state index is 0.169. The van der Waals surface area contributed by atoms with Crippen LogP contribution in [-0.4, -0.2) is 32.8 Å². The number of fused-ring (bicyclic) bond motifs is 10. The first-order chi connectivity index (χ1) is 12.0. The van der Waals surface area contributed by atoms with Crippen LogP contribution in [0.2, 0.25) is 38.5 Å². The van der Waals surface area contributed by atoms with Crippen LogP contribution in [-0.2, 0) is 6.51 Å². The summed E-state index contributed by atoms with van der Waals surface area (Å²) >= 11 is 0. The third-order valence-corrected chi connectivity index (χ3v) is 74.4. The van der Waals surface area contributed by atoms with Crippen molar-refractivity contribution in [2.24, 2.45) is 0 Å². The molecule has 1 spiro atoms. The van der Waals surface area contributed by atoms with Crippen molar-refractivity contribution >= 4 is 15.8 Å². The molecular formula is C22H28FeP2. The van der Waals surface area contributed by atoms with E-state index in [1.807, 2.05) is 0 Å². The number of allylic oxidation sites excluding steroid dienone is 4. The molecule has 0 amide bonds. The number of hydrogen-bond acceptors (Lipinski definition) is 0. The summed E-state index contributed by atoms with van der Waals surface area (Å²) in [5, 5.41) is 0. The van der Waals surface area contributed by atoms with Gasteiger partial charge in [-0.3, -0.25) is 0 Å². The standard InChI is InChI=1S/2C11H14P.Fe/c2*1-3-9-12(10-4-2)11-7-5-6-8-11;/h2*3-8H,1-2,9-10H2;. The Kier molecular flexibility index (Phi) is 0.743. The molecule has 10 rings (SSSR count). The van der Waals surface area contributed by atoms with Gasteiger partial charge in [0.2, 0.25) is 0 Å². The zero-order chi connectivity index (χ0) is 16.7. The quantitative estimate of drug-likeness (QED) is 0.209. The Bertz CT molecular complexity index is 1130. The molecule has 10 heterocycles. The maximum atomic E-state index is 4.19. The van der Waals surface area contributed by atoms with Gasteiger partial charge in [0.05, 0.1) is 0 Å². The van der Waals surface area contributed by atoms with Gasteiger partial charge in [0, 0.05) is 0 Å². The maximum absolute atomic E-state index is 4.19. The molecule has 25 heavy (non-hydrogen) atoms. The number of hydrogen-bond donors (Lipinski definition) is 0. The first-order valence-electron chi connectivity index (χ1n) is 10.1. The molecule has 8 atom stereocenters. The summed E-state index contributed by atoms with van der Waals surface area (Å²) in [6.45, 7) is 13.5. The van der Waals surface area contributed by atoms with Crippen LogP contribution >= 0.6 is 15.8 Å². The molecule has 0 N–H and O–H groups in total. The topological polar surface area (TPSA) is 0 Å². The van der Waals surface area contributed by atoms with Crippen LogP contribution in [0.5, 0.6) is 0 Å². The fourth-order valence-electron chi connectivity index (χ4n) is 19.4. The van der Waals surface area contributed by atoms with Gasteiger partial charge in [0.1, 0.15) is 0 Å². The molecule has 3 heteroatoms. The van der Waals surface area contributed by atoms with Gasteiger partial charge in [-0.05, 0) is 0 Å². The van der Waals surface area contributed by atoms with Gasteiger partial charge in [-0.15, -0.1) is 0 Å². The van der Waals surface area contributed by atoms with Crippen molar-refractivity contribution in [2.45, 2.75) is 46.6 Å². The van der Waals surface area contributed by atoms with Crippen molar-refractivity contribution in [3.8, 4) is 0 Å². The van der Waals surface area contributed by atoms with Crippen LogP contribution in [0.25, 0.3) is 0 Å². The third kappa shape index (κ3) is 0.194. The zero-order valence-electron chi connectivity index (χ0n) is 14.8. The second kappa shape index (κ2) is 1.46. The molecule has 0 radical (unpaired) electrons. The van der Waals surface area contributed by atoms with Gasteiger partial charge in [0.15, 0.2) is 0 Å². The van der Waals surface area contributed by atoms with E-state index in [2.05, 4.69) is 50.6 Å². The molecule has 10 aliphatic rings. The summed E-state index contributed by atoms with van der Waals surface area (Å²) < 4.78 is 2.05. The van der Waals surface area contributed by atoms with E-state index in [4.69, 9.17) is 0 Å². The van der Waals surface area contributed by atoms with E-state index in [-0.39, 0.29) is 15.8 Å². The van der Waals surface area contributed by atoms with E-state index < -0.39 is 6.51 Å². The van der Waals surface area contributed by atoms with E-state index in [9.17, 15) is 0 Å². The first kappa shape index (κ1) is 12.7. The first-order valence-corrected chi connectivity index (χ1v) is 19.7. The second-order valence-electron chi connectivity index (χ2n) is 12.7. The normalized spacial score (nSPS) is 87.6. The molecule has 0 aromatic carbocycles. The molecule has 134 valence electrons. The van der Waals surface area contributed by atoms with E-state index in [1.54, 1.807) is 0 Å². The molecule has 10 aliphatic heterocycles. The monoisotopic (exact) mass is 410 g/mol. The molecule has 0 saturated carbocycles. The van der Waals surface area contributed by atoms with E-state index in [0.29, 0.717) is 0 Å². The van der Waals surface area contributed by atoms with E-state index in [1.165, 1.54) is 63.2 Å². The van der Waals surface area contributed by atoms with Gasteiger partial charge < -0.3 is 0 Å². The Labute approximate surface area is 144 Å². The van der Waals surface area contributed by atoms with E-state index >= 15 is 0 Å². The van der Waals surface area contributed by atoms with E-state index in [0.717, 1.165) is 8.11 Å². The molecule has 0 nitrogen and oxygen atoms in total. The fraction of sp³-hybridized carbons (Fsp3) is 0.636. The summed E-state index contributed by atoms with van der Waals surface area (Å²) in [5.41, 5.74) is 0. The molecule has 8 unspecified atom stereocenters. The minimum atomic E-state index is -3.29. The number of rotatable bonds is 10. The van der Waals surface area contributed by atoms with Crippen molar-refractivity contribution < 1.29 is 6.51 Å². The Morgan fingerprint density at radius 1 is 0.600 bits per heavy atom. The average Bonchev–Trinajstić information content (AvgIpc) is 3.54. The van der Waals surface area contributed by atoms with Gasteiger partial charge in [-0.2, -0.15) is 0 Å². The SMILES string of the molecule is C=CCP(CC=C)[C]12[CH]3[CH]4[CH]5[CH]1[Fe]45321678[CH]2[CH]1[CH]6[C]7(P(CC=C)CC=C)[CH]28. The van der Waals surface area contributed by atoms with Gasteiger partial charge in [-0.1, -0.05) is 0 Å². The third-order valence-electron chi connectivity index (χ3n) is 17.0. The molecule has 10 fully saturated rings. The predicted molar refractivity (Wildman–Crippen MR) is 110 cm³/mol. The van der Waals surface area contributed by atoms with Crippen molar-refractivity contribution in [1.82, 2.24) is 0 Å². The summed E-state index contributed by atoms with van der Waals surface area (Å²) in [7, 11) is 0.338. The van der Waals surface area contributed by atoms with Crippen LogP contribution in [0.1, 0.15) is 0 Å². The van der Waals surface area contributed by atoms with Crippen molar-refractivity contribution in [3.63, 3.8) is 0 Å².